The van der Waals surface area contributed by atoms with Crippen LogP contribution in [-0.4, -0.2) is 20.4 Å². The van der Waals surface area contributed by atoms with Gasteiger partial charge in [0.2, 0.25) is 6.54 Å². The van der Waals surface area contributed by atoms with E-state index in [2.05, 4.69) is 29.1 Å². The molecule has 0 aliphatic heterocycles. The van der Waals surface area contributed by atoms with E-state index in [4.69, 9.17) is 0 Å². The van der Waals surface area contributed by atoms with E-state index in [1.807, 2.05) is 12.3 Å². The summed E-state index contributed by atoms with van der Waals surface area (Å²) < 4.78 is 1.74. The molecule has 2 heterocycles. The molecule has 2 rings (SSSR count). The highest BCUT2D eigenvalue weighted by atomic mass is 16.3. The molecule has 0 spiro atoms. The van der Waals surface area contributed by atoms with E-state index in [-0.39, 0.29) is 0 Å². The van der Waals surface area contributed by atoms with E-state index in [0.717, 1.165) is 0 Å². The van der Waals surface area contributed by atoms with E-state index in [9.17, 15) is 5.11 Å². The fourth-order valence-electron chi connectivity index (χ4n) is 1.87. The maximum atomic E-state index is 10.5. The van der Waals surface area contributed by atoms with Crippen molar-refractivity contribution < 1.29 is 9.79 Å². The minimum Gasteiger partial charge on any atom is -0.377 e. The molecule has 100 valence electrons. The highest BCUT2D eigenvalue weighted by Crippen LogP contribution is 2.17. The van der Waals surface area contributed by atoms with Gasteiger partial charge in [0.05, 0.1) is 6.20 Å². The molecule has 0 aromatic carbocycles. The number of rotatable bonds is 4. The molecule has 0 saturated heterocycles. The monoisotopic (exact) mass is 259 g/mol. The Balaban J connectivity index is 2.23. The van der Waals surface area contributed by atoms with Crippen LogP contribution >= 0.6 is 0 Å². The van der Waals surface area contributed by atoms with Crippen molar-refractivity contribution in [1.82, 2.24) is 15.3 Å². The van der Waals surface area contributed by atoms with Gasteiger partial charge in [-0.05, 0) is 36.1 Å². The first kappa shape index (κ1) is 13.5. The van der Waals surface area contributed by atoms with Gasteiger partial charge < -0.3 is 5.11 Å². The highest BCUT2D eigenvalue weighted by molar-refractivity contribution is 5.09. The molecule has 5 nitrogen and oxygen atoms in total. The fourth-order valence-corrected chi connectivity index (χ4v) is 1.87. The van der Waals surface area contributed by atoms with Crippen LogP contribution in [0.15, 0.2) is 36.8 Å². The van der Waals surface area contributed by atoms with Crippen LogP contribution in [0, 0.1) is 0 Å². The van der Waals surface area contributed by atoms with Crippen molar-refractivity contribution in [1.29, 1.82) is 0 Å². The molecule has 0 radical (unpaired) electrons. The third-order valence-electron chi connectivity index (χ3n) is 3.04. The number of hydrogen-bond donors (Lipinski definition) is 1. The summed E-state index contributed by atoms with van der Waals surface area (Å²) >= 11 is 0. The van der Waals surface area contributed by atoms with Crippen LogP contribution in [0.4, 0.5) is 0 Å². The number of nitrogens with zero attached hydrogens (tertiary/aromatic N) is 4. The average molecular weight is 259 g/mol. The maximum Gasteiger partial charge on any atom is 0.208 e. The van der Waals surface area contributed by atoms with Gasteiger partial charge in [0.15, 0.2) is 11.8 Å². The molecule has 0 amide bonds. The summed E-state index contributed by atoms with van der Waals surface area (Å²) in [7, 11) is 0. The number of aromatic nitrogens is 4. The van der Waals surface area contributed by atoms with E-state index < -0.39 is 5.60 Å². The SMILES string of the molecule is CC(C)c1ccn[n+](CC(C)(O)c2cccnn2)c1. The Morgan fingerprint density at radius 2 is 2.11 bits per heavy atom. The van der Waals surface area contributed by atoms with Gasteiger partial charge in [-0.3, -0.25) is 0 Å². The third kappa shape index (κ3) is 3.32. The van der Waals surface area contributed by atoms with Gasteiger partial charge in [0, 0.05) is 11.8 Å². The Morgan fingerprint density at radius 1 is 1.32 bits per heavy atom. The van der Waals surface area contributed by atoms with Gasteiger partial charge in [-0.2, -0.15) is 10.2 Å². The summed E-state index contributed by atoms with van der Waals surface area (Å²) in [4.78, 5) is 0. The normalized spacial score (nSPS) is 14.4. The molecule has 1 atom stereocenters. The second-order valence-electron chi connectivity index (χ2n) is 5.20. The van der Waals surface area contributed by atoms with E-state index in [1.165, 1.54) is 5.56 Å². The Labute approximate surface area is 112 Å². The molecule has 0 bridgehead atoms. The van der Waals surface area contributed by atoms with E-state index >= 15 is 0 Å². The molecule has 19 heavy (non-hydrogen) atoms. The third-order valence-corrected chi connectivity index (χ3v) is 3.04. The van der Waals surface area contributed by atoms with Crippen molar-refractivity contribution in [3.05, 3.63) is 48.0 Å². The average Bonchev–Trinajstić information content (AvgIpc) is 2.39. The molecule has 0 aliphatic rings. The molecule has 0 aliphatic carbocycles. The summed E-state index contributed by atoms with van der Waals surface area (Å²) in [5.74, 6) is 0.427. The molecular weight excluding hydrogens is 240 g/mol. The van der Waals surface area contributed by atoms with Gasteiger partial charge in [-0.1, -0.05) is 18.5 Å². The molecule has 2 aromatic heterocycles. The smallest absolute Gasteiger partial charge is 0.208 e. The fraction of sp³-hybridized carbons (Fsp3) is 0.429. The highest BCUT2D eigenvalue weighted by Gasteiger charge is 2.31. The Bertz CT molecular complexity index is 540. The quantitative estimate of drug-likeness (QED) is 0.838. The van der Waals surface area contributed by atoms with Crippen molar-refractivity contribution in [2.45, 2.75) is 38.8 Å². The van der Waals surface area contributed by atoms with Crippen LogP contribution in [0.2, 0.25) is 0 Å². The minimum atomic E-state index is -1.10. The molecular formula is C14H19N4O+. The second kappa shape index (κ2) is 5.40. The lowest BCUT2D eigenvalue weighted by Gasteiger charge is -2.17. The molecule has 1 unspecified atom stereocenters. The van der Waals surface area contributed by atoms with Gasteiger partial charge in [0.25, 0.3) is 0 Å². The first-order valence-corrected chi connectivity index (χ1v) is 6.35. The van der Waals surface area contributed by atoms with Crippen LogP contribution in [0.3, 0.4) is 0 Å². The number of hydrogen-bond acceptors (Lipinski definition) is 4. The summed E-state index contributed by atoms with van der Waals surface area (Å²) in [5.41, 5.74) is 0.630. The zero-order chi connectivity index (χ0) is 13.9. The molecule has 2 aromatic rings. The summed E-state index contributed by atoms with van der Waals surface area (Å²) in [6.45, 7) is 6.31. The standard InChI is InChI=1S/C14H19N4O/c1-11(2)12-6-8-16-18(9-12)10-14(3,19)13-5-4-7-15-17-13/h4-9,11,19H,10H2,1-3H3/q+1. The van der Waals surface area contributed by atoms with Crippen LogP contribution in [0.25, 0.3) is 0 Å². The molecule has 0 fully saturated rings. The first-order chi connectivity index (χ1) is 8.99. The van der Waals surface area contributed by atoms with Crippen molar-refractivity contribution in [3.63, 3.8) is 0 Å². The van der Waals surface area contributed by atoms with Gasteiger partial charge in [0.1, 0.15) is 5.69 Å². The Kier molecular flexibility index (Phi) is 3.85. The van der Waals surface area contributed by atoms with Crippen molar-refractivity contribution in [3.8, 4) is 0 Å². The second-order valence-corrected chi connectivity index (χ2v) is 5.20. The Morgan fingerprint density at radius 3 is 2.74 bits per heavy atom. The Hall–Kier alpha value is -1.88. The van der Waals surface area contributed by atoms with Crippen LogP contribution in [0.5, 0.6) is 0 Å². The lowest BCUT2D eigenvalue weighted by atomic mass is 10.0. The zero-order valence-electron chi connectivity index (χ0n) is 11.5. The molecule has 5 heteroatoms. The first-order valence-electron chi connectivity index (χ1n) is 6.35. The van der Waals surface area contributed by atoms with Gasteiger partial charge in [-0.25, -0.2) is 0 Å². The van der Waals surface area contributed by atoms with Crippen LogP contribution < -0.4 is 4.68 Å². The zero-order valence-corrected chi connectivity index (χ0v) is 11.5. The summed E-state index contributed by atoms with van der Waals surface area (Å²) in [6.07, 6.45) is 5.29. The van der Waals surface area contributed by atoms with E-state index in [0.29, 0.717) is 18.2 Å². The topological polar surface area (TPSA) is 62.8 Å². The summed E-state index contributed by atoms with van der Waals surface area (Å²) in [5, 5.41) is 22.5. The van der Waals surface area contributed by atoms with Crippen molar-refractivity contribution >= 4 is 0 Å². The van der Waals surface area contributed by atoms with Gasteiger partial charge in [-0.15, -0.1) is 0 Å². The summed E-state index contributed by atoms with van der Waals surface area (Å²) in [6, 6.07) is 5.51. The van der Waals surface area contributed by atoms with Crippen LogP contribution in [0.1, 0.15) is 37.9 Å². The van der Waals surface area contributed by atoms with Crippen molar-refractivity contribution in [2.75, 3.05) is 0 Å². The minimum absolute atomic E-state index is 0.340. The lowest BCUT2D eigenvalue weighted by molar-refractivity contribution is -0.766. The van der Waals surface area contributed by atoms with Gasteiger partial charge >= 0.3 is 0 Å². The maximum absolute atomic E-state index is 10.5. The van der Waals surface area contributed by atoms with Crippen molar-refractivity contribution in [2.24, 2.45) is 0 Å². The number of aliphatic hydroxyl groups is 1. The lowest BCUT2D eigenvalue weighted by Crippen LogP contribution is -2.47. The molecule has 0 saturated carbocycles. The largest absolute Gasteiger partial charge is 0.377 e. The predicted octanol–water partition coefficient (Wildman–Crippen LogP) is 1.19. The predicted molar refractivity (Wildman–Crippen MR) is 70.1 cm³/mol. The van der Waals surface area contributed by atoms with Crippen LogP contribution in [-0.2, 0) is 12.1 Å². The van der Waals surface area contributed by atoms with E-state index in [1.54, 1.807) is 36.1 Å². The molecule has 1 N–H and O–H groups in total.